The number of amides is 1. The summed E-state index contributed by atoms with van der Waals surface area (Å²) in [6.45, 7) is 0. The topological polar surface area (TPSA) is 75.2 Å². The molecule has 1 aromatic carbocycles. The van der Waals surface area contributed by atoms with Crippen molar-refractivity contribution < 1.29 is 9.00 Å². The number of anilines is 2. The van der Waals surface area contributed by atoms with E-state index in [1.54, 1.807) is 42.7 Å². The maximum Gasteiger partial charge on any atom is 0.258 e. The molecule has 144 valence electrons. The SMILES string of the molecule is CN(C)c1cc(Cl)ccc1CS(=O)c1ncccc1C(=O)Nc1ccncc1. The van der Waals surface area contributed by atoms with E-state index in [1.807, 2.05) is 31.1 Å². The molecule has 0 aliphatic carbocycles. The van der Waals surface area contributed by atoms with Gasteiger partial charge in [-0.25, -0.2) is 4.98 Å². The maximum absolute atomic E-state index is 13.1. The molecule has 2 aromatic heterocycles. The van der Waals surface area contributed by atoms with Crippen molar-refractivity contribution in [3.8, 4) is 0 Å². The summed E-state index contributed by atoms with van der Waals surface area (Å²) in [7, 11) is 2.28. The zero-order valence-electron chi connectivity index (χ0n) is 15.4. The molecule has 1 amide bonds. The van der Waals surface area contributed by atoms with Crippen molar-refractivity contribution in [2.75, 3.05) is 24.3 Å². The summed E-state index contributed by atoms with van der Waals surface area (Å²) in [6.07, 6.45) is 4.70. The zero-order chi connectivity index (χ0) is 20.1. The molecule has 6 nitrogen and oxygen atoms in total. The van der Waals surface area contributed by atoms with Crippen molar-refractivity contribution in [3.05, 3.63) is 77.2 Å². The summed E-state index contributed by atoms with van der Waals surface area (Å²) in [4.78, 5) is 22.7. The van der Waals surface area contributed by atoms with E-state index in [0.29, 0.717) is 10.7 Å². The van der Waals surface area contributed by atoms with E-state index < -0.39 is 10.8 Å². The number of nitrogens with zero attached hydrogens (tertiary/aromatic N) is 3. The second-order valence-electron chi connectivity index (χ2n) is 6.20. The lowest BCUT2D eigenvalue weighted by atomic mass is 10.2. The average molecular weight is 415 g/mol. The van der Waals surface area contributed by atoms with Gasteiger partial charge >= 0.3 is 0 Å². The minimum atomic E-state index is -1.51. The molecular weight excluding hydrogens is 396 g/mol. The van der Waals surface area contributed by atoms with E-state index in [-0.39, 0.29) is 22.2 Å². The Kier molecular flexibility index (Phi) is 6.38. The number of hydrogen-bond donors (Lipinski definition) is 1. The Morgan fingerprint density at radius 1 is 1.14 bits per heavy atom. The molecule has 0 aliphatic heterocycles. The average Bonchev–Trinajstić information content (AvgIpc) is 2.70. The molecule has 8 heteroatoms. The number of hydrogen-bond acceptors (Lipinski definition) is 5. The molecule has 0 saturated heterocycles. The first-order chi connectivity index (χ1) is 13.5. The van der Waals surface area contributed by atoms with Crippen LogP contribution in [0.2, 0.25) is 5.02 Å². The van der Waals surface area contributed by atoms with Gasteiger partial charge in [-0.05, 0) is 42.0 Å². The number of pyridine rings is 2. The van der Waals surface area contributed by atoms with Gasteiger partial charge in [0, 0.05) is 49.1 Å². The number of rotatable bonds is 6. The third-order valence-electron chi connectivity index (χ3n) is 3.99. The van der Waals surface area contributed by atoms with Crippen LogP contribution in [0.4, 0.5) is 11.4 Å². The summed E-state index contributed by atoms with van der Waals surface area (Å²) < 4.78 is 13.1. The van der Waals surface area contributed by atoms with Gasteiger partial charge in [0.1, 0.15) is 5.03 Å². The lowest BCUT2D eigenvalue weighted by Crippen LogP contribution is -2.17. The Bertz CT molecular complexity index is 1010. The molecule has 28 heavy (non-hydrogen) atoms. The number of nitrogens with one attached hydrogen (secondary N) is 1. The number of halogens is 1. The lowest BCUT2D eigenvalue weighted by molar-refractivity contribution is 0.102. The maximum atomic E-state index is 13.1. The van der Waals surface area contributed by atoms with Gasteiger partial charge in [0.25, 0.3) is 5.91 Å². The minimum Gasteiger partial charge on any atom is -0.377 e. The molecule has 3 rings (SSSR count). The van der Waals surface area contributed by atoms with Crippen LogP contribution in [0.15, 0.2) is 66.1 Å². The standard InChI is InChI=1S/C20H19ClN4O2S/c1-25(2)18-12-15(21)6-5-14(18)13-28(27)20-17(4-3-9-23-20)19(26)24-16-7-10-22-11-8-16/h3-12H,13H2,1-2H3,(H,22,24,26). The van der Waals surface area contributed by atoms with Crippen molar-refractivity contribution in [1.29, 1.82) is 0 Å². The predicted molar refractivity (Wildman–Crippen MR) is 112 cm³/mol. The number of benzene rings is 1. The van der Waals surface area contributed by atoms with E-state index in [9.17, 15) is 9.00 Å². The Labute approximate surface area is 171 Å². The van der Waals surface area contributed by atoms with Crippen LogP contribution >= 0.6 is 11.6 Å². The second kappa shape index (κ2) is 8.95. The highest BCUT2D eigenvalue weighted by atomic mass is 35.5. The molecule has 1 atom stereocenters. The van der Waals surface area contributed by atoms with Crippen LogP contribution in [0, 0.1) is 0 Å². The van der Waals surface area contributed by atoms with E-state index in [0.717, 1.165) is 11.3 Å². The van der Waals surface area contributed by atoms with E-state index >= 15 is 0 Å². The van der Waals surface area contributed by atoms with E-state index in [4.69, 9.17) is 11.6 Å². The summed E-state index contributed by atoms with van der Waals surface area (Å²) in [5.74, 6) is -0.149. The van der Waals surface area contributed by atoms with Crippen LogP contribution < -0.4 is 10.2 Å². The number of carbonyl (C=O) groups is 1. The normalized spacial score (nSPS) is 11.7. The van der Waals surface area contributed by atoms with Gasteiger partial charge in [-0.3, -0.25) is 14.0 Å². The van der Waals surface area contributed by atoms with Crippen molar-refractivity contribution in [1.82, 2.24) is 9.97 Å². The second-order valence-corrected chi connectivity index (χ2v) is 8.01. The fraction of sp³-hybridized carbons (Fsp3) is 0.150. The molecule has 0 bridgehead atoms. The van der Waals surface area contributed by atoms with Gasteiger partial charge in [-0.1, -0.05) is 17.7 Å². The van der Waals surface area contributed by atoms with Crippen LogP contribution in [-0.4, -0.2) is 34.2 Å². The van der Waals surface area contributed by atoms with Crippen LogP contribution in [-0.2, 0) is 16.6 Å². The molecule has 1 unspecified atom stereocenters. The highest BCUT2D eigenvalue weighted by Crippen LogP contribution is 2.26. The fourth-order valence-corrected chi connectivity index (χ4v) is 4.08. The molecule has 1 N–H and O–H groups in total. The predicted octanol–water partition coefficient (Wildman–Crippen LogP) is 3.76. The van der Waals surface area contributed by atoms with Gasteiger partial charge in [0.2, 0.25) is 0 Å². The largest absolute Gasteiger partial charge is 0.377 e. The fourth-order valence-electron chi connectivity index (χ4n) is 2.66. The van der Waals surface area contributed by atoms with E-state index in [1.165, 1.54) is 6.20 Å². The molecule has 0 spiro atoms. The van der Waals surface area contributed by atoms with Crippen LogP contribution in [0.3, 0.4) is 0 Å². The highest BCUT2D eigenvalue weighted by molar-refractivity contribution is 7.84. The molecule has 0 saturated carbocycles. The first-order valence-corrected chi connectivity index (χ1v) is 10.2. The summed E-state index contributed by atoms with van der Waals surface area (Å²) in [6, 6.07) is 12.1. The van der Waals surface area contributed by atoms with Crippen molar-refractivity contribution in [3.63, 3.8) is 0 Å². The Balaban J connectivity index is 1.87. The lowest BCUT2D eigenvalue weighted by Gasteiger charge is -2.18. The van der Waals surface area contributed by atoms with Gasteiger partial charge in [0.15, 0.2) is 0 Å². The van der Waals surface area contributed by atoms with E-state index in [2.05, 4.69) is 15.3 Å². The molecule has 2 heterocycles. The third kappa shape index (κ3) is 4.74. The van der Waals surface area contributed by atoms with Gasteiger partial charge in [0.05, 0.1) is 22.1 Å². The monoisotopic (exact) mass is 414 g/mol. The molecule has 0 fully saturated rings. The molecular formula is C20H19ClN4O2S. The van der Waals surface area contributed by atoms with Crippen molar-refractivity contribution >= 4 is 39.7 Å². The van der Waals surface area contributed by atoms with Crippen molar-refractivity contribution in [2.45, 2.75) is 10.8 Å². The highest BCUT2D eigenvalue weighted by Gasteiger charge is 2.19. The van der Waals surface area contributed by atoms with Crippen LogP contribution in [0.5, 0.6) is 0 Å². The summed E-state index contributed by atoms with van der Waals surface area (Å²) >= 11 is 6.09. The first kappa shape index (κ1) is 20.0. The quantitative estimate of drug-likeness (QED) is 0.664. The Morgan fingerprint density at radius 3 is 2.61 bits per heavy atom. The smallest absolute Gasteiger partial charge is 0.258 e. The van der Waals surface area contributed by atoms with Gasteiger partial charge < -0.3 is 10.2 Å². The van der Waals surface area contributed by atoms with Crippen molar-refractivity contribution in [2.24, 2.45) is 0 Å². The number of aromatic nitrogens is 2. The minimum absolute atomic E-state index is 0.219. The van der Waals surface area contributed by atoms with Crippen LogP contribution in [0.25, 0.3) is 0 Å². The Hall–Kier alpha value is -2.77. The molecule has 0 radical (unpaired) electrons. The molecule has 0 aliphatic rings. The zero-order valence-corrected chi connectivity index (χ0v) is 17.0. The molecule has 3 aromatic rings. The van der Waals surface area contributed by atoms with Gasteiger partial charge in [-0.15, -0.1) is 0 Å². The van der Waals surface area contributed by atoms with Gasteiger partial charge in [-0.2, -0.15) is 0 Å². The first-order valence-electron chi connectivity index (χ1n) is 8.46. The summed E-state index contributed by atoms with van der Waals surface area (Å²) in [5, 5.41) is 3.62. The Morgan fingerprint density at radius 2 is 1.89 bits per heavy atom. The third-order valence-corrected chi connectivity index (χ3v) is 5.55. The number of carbonyl (C=O) groups excluding carboxylic acids is 1. The summed E-state index contributed by atoms with van der Waals surface area (Å²) in [5.41, 5.74) is 2.62. The van der Waals surface area contributed by atoms with Crippen LogP contribution in [0.1, 0.15) is 15.9 Å².